The van der Waals surface area contributed by atoms with Crippen molar-refractivity contribution in [2.24, 2.45) is 0 Å². The first-order valence-corrected chi connectivity index (χ1v) is 8.08. The predicted molar refractivity (Wildman–Crippen MR) is 93.2 cm³/mol. The van der Waals surface area contributed by atoms with Crippen molar-refractivity contribution >= 4 is 29.0 Å². The van der Waals surface area contributed by atoms with Gasteiger partial charge in [-0.1, -0.05) is 32.0 Å². The summed E-state index contributed by atoms with van der Waals surface area (Å²) in [6.45, 7) is 5.92. The van der Waals surface area contributed by atoms with Crippen molar-refractivity contribution in [3.63, 3.8) is 0 Å². The van der Waals surface area contributed by atoms with E-state index in [1.54, 1.807) is 36.9 Å². The van der Waals surface area contributed by atoms with Crippen molar-refractivity contribution in [3.8, 4) is 0 Å². The van der Waals surface area contributed by atoms with Gasteiger partial charge in [-0.25, -0.2) is 0 Å². The van der Waals surface area contributed by atoms with E-state index in [2.05, 4.69) is 19.2 Å². The van der Waals surface area contributed by atoms with Gasteiger partial charge in [-0.05, 0) is 24.6 Å². The van der Waals surface area contributed by atoms with Gasteiger partial charge in [-0.15, -0.1) is 11.8 Å². The van der Waals surface area contributed by atoms with Crippen molar-refractivity contribution in [3.05, 3.63) is 63.7 Å². The zero-order chi connectivity index (χ0) is 17.0. The van der Waals surface area contributed by atoms with Gasteiger partial charge in [0.15, 0.2) is 0 Å². The van der Waals surface area contributed by atoms with E-state index in [0.29, 0.717) is 16.5 Å². The SMILES string of the molecule is Cc1ccc([N+](=O)[O-])cc1NC(=O)c1ccccc1SC(C)C. The molecular weight excluding hydrogens is 312 g/mol. The summed E-state index contributed by atoms with van der Waals surface area (Å²) in [6, 6.07) is 11.8. The highest BCUT2D eigenvalue weighted by molar-refractivity contribution is 8.00. The van der Waals surface area contributed by atoms with E-state index in [4.69, 9.17) is 0 Å². The molecule has 23 heavy (non-hydrogen) atoms. The van der Waals surface area contributed by atoms with E-state index in [0.717, 1.165) is 10.5 Å². The van der Waals surface area contributed by atoms with E-state index >= 15 is 0 Å². The van der Waals surface area contributed by atoms with Crippen LogP contribution in [0.3, 0.4) is 0 Å². The van der Waals surface area contributed by atoms with Gasteiger partial charge < -0.3 is 5.32 Å². The Kier molecular flexibility index (Phi) is 5.39. The second-order valence-corrected chi connectivity index (χ2v) is 6.99. The number of thioether (sulfide) groups is 1. The number of nitro benzene ring substituents is 1. The topological polar surface area (TPSA) is 72.2 Å². The highest BCUT2D eigenvalue weighted by atomic mass is 32.2. The first kappa shape index (κ1) is 17.0. The molecule has 0 unspecified atom stereocenters. The number of hydrogen-bond donors (Lipinski definition) is 1. The van der Waals surface area contributed by atoms with Crippen LogP contribution in [0, 0.1) is 17.0 Å². The maximum Gasteiger partial charge on any atom is 0.271 e. The standard InChI is InChI=1S/C17H18N2O3S/c1-11(2)23-16-7-5-4-6-14(16)17(20)18-15-10-13(19(21)22)9-8-12(15)3/h4-11H,1-3H3,(H,18,20). The molecule has 0 fully saturated rings. The lowest BCUT2D eigenvalue weighted by molar-refractivity contribution is -0.384. The molecular formula is C17H18N2O3S. The quantitative estimate of drug-likeness (QED) is 0.492. The van der Waals surface area contributed by atoms with Gasteiger partial charge in [0.2, 0.25) is 0 Å². The Morgan fingerprint density at radius 1 is 1.22 bits per heavy atom. The zero-order valence-electron chi connectivity index (χ0n) is 13.2. The normalized spacial score (nSPS) is 10.6. The number of amides is 1. The number of anilines is 1. The highest BCUT2D eigenvalue weighted by Gasteiger charge is 2.15. The van der Waals surface area contributed by atoms with Crippen molar-refractivity contribution in [1.82, 2.24) is 0 Å². The Balaban J connectivity index is 2.29. The average Bonchev–Trinajstić information content (AvgIpc) is 2.49. The molecule has 0 aromatic heterocycles. The molecule has 0 saturated carbocycles. The van der Waals surface area contributed by atoms with Gasteiger partial charge in [-0.2, -0.15) is 0 Å². The van der Waals surface area contributed by atoms with E-state index in [1.807, 2.05) is 12.1 Å². The fraction of sp³-hybridized carbons (Fsp3) is 0.235. The molecule has 0 atom stereocenters. The molecule has 2 aromatic rings. The van der Waals surface area contributed by atoms with Crippen LogP contribution in [-0.2, 0) is 0 Å². The number of hydrogen-bond acceptors (Lipinski definition) is 4. The van der Waals surface area contributed by atoms with Crippen LogP contribution in [-0.4, -0.2) is 16.1 Å². The fourth-order valence-corrected chi connectivity index (χ4v) is 3.01. The highest BCUT2D eigenvalue weighted by Crippen LogP contribution is 2.28. The van der Waals surface area contributed by atoms with Crippen LogP contribution in [0.25, 0.3) is 0 Å². The number of nitro groups is 1. The molecule has 2 rings (SSSR count). The predicted octanol–water partition coefficient (Wildman–Crippen LogP) is 4.66. The second kappa shape index (κ2) is 7.28. The third-order valence-corrected chi connectivity index (χ3v) is 4.26. The third kappa shape index (κ3) is 4.32. The lowest BCUT2D eigenvalue weighted by Crippen LogP contribution is -2.14. The summed E-state index contributed by atoms with van der Waals surface area (Å²) in [6.07, 6.45) is 0. The maximum absolute atomic E-state index is 12.6. The van der Waals surface area contributed by atoms with E-state index in [-0.39, 0.29) is 11.6 Å². The minimum absolute atomic E-state index is 0.0456. The van der Waals surface area contributed by atoms with Gasteiger partial charge in [0.05, 0.1) is 16.2 Å². The number of nitrogens with one attached hydrogen (secondary N) is 1. The molecule has 1 amide bonds. The van der Waals surface area contributed by atoms with Crippen LogP contribution in [0.15, 0.2) is 47.4 Å². The molecule has 0 heterocycles. The molecule has 0 spiro atoms. The largest absolute Gasteiger partial charge is 0.321 e. The third-order valence-electron chi connectivity index (χ3n) is 3.17. The zero-order valence-corrected chi connectivity index (χ0v) is 14.0. The van der Waals surface area contributed by atoms with Crippen molar-refractivity contribution in [1.29, 1.82) is 0 Å². The Bertz CT molecular complexity index is 744. The van der Waals surface area contributed by atoms with Crippen molar-refractivity contribution < 1.29 is 9.72 Å². The number of nitrogens with zero attached hydrogens (tertiary/aromatic N) is 1. The number of rotatable bonds is 5. The lowest BCUT2D eigenvalue weighted by atomic mass is 10.1. The molecule has 0 aliphatic carbocycles. The first-order valence-electron chi connectivity index (χ1n) is 7.20. The Hall–Kier alpha value is -2.34. The summed E-state index contributed by atoms with van der Waals surface area (Å²) in [5, 5.41) is 14.0. The number of non-ortho nitro benzene ring substituents is 1. The summed E-state index contributed by atoms with van der Waals surface area (Å²) in [7, 11) is 0. The van der Waals surface area contributed by atoms with E-state index in [1.165, 1.54) is 12.1 Å². The average molecular weight is 330 g/mol. The molecule has 0 aliphatic heterocycles. The van der Waals surface area contributed by atoms with Crippen LogP contribution < -0.4 is 5.32 Å². The smallest absolute Gasteiger partial charge is 0.271 e. The molecule has 5 nitrogen and oxygen atoms in total. The van der Waals surface area contributed by atoms with Gasteiger partial charge >= 0.3 is 0 Å². The Morgan fingerprint density at radius 2 is 1.91 bits per heavy atom. The number of carbonyl (C=O) groups excluding carboxylic acids is 1. The summed E-state index contributed by atoms with van der Waals surface area (Å²) in [4.78, 5) is 23.9. The number of benzene rings is 2. The minimum atomic E-state index is -0.475. The molecule has 2 aromatic carbocycles. The fourth-order valence-electron chi connectivity index (χ4n) is 2.06. The van der Waals surface area contributed by atoms with Crippen LogP contribution >= 0.6 is 11.8 Å². The lowest BCUT2D eigenvalue weighted by Gasteiger charge is -2.12. The molecule has 0 bridgehead atoms. The van der Waals surface area contributed by atoms with Crippen molar-refractivity contribution in [2.75, 3.05) is 5.32 Å². The summed E-state index contributed by atoms with van der Waals surface area (Å²) >= 11 is 1.61. The van der Waals surface area contributed by atoms with Crippen LogP contribution in [0.2, 0.25) is 0 Å². The molecule has 1 N–H and O–H groups in total. The van der Waals surface area contributed by atoms with Gasteiger partial charge in [0.1, 0.15) is 0 Å². The summed E-state index contributed by atoms with van der Waals surface area (Å²) in [5.41, 5.74) is 1.75. The van der Waals surface area contributed by atoms with Gasteiger partial charge in [0, 0.05) is 22.3 Å². The van der Waals surface area contributed by atoms with Crippen LogP contribution in [0.4, 0.5) is 11.4 Å². The maximum atomic E-state index is 12.6. The van der Waals surface area contributed by atoms with Crippen LogP contribution in [0.1, 0.15) is 29.8 Å². The summed E-state index contributed by atoms with van der Waals surface area (Å²) in [5.74, 6) is -0.266. The Morgan fingerprint density at radius 3 is 2.57 bits per heavy atom. The summed E-state index contributed by atoms with van der Waals surface area (Å²) < 4.78 is 0. The van der Waals surface area contributed by atoms with E-state index in [9.17, 15) is 14.9 Å². The molecule has 6 heteroatoms. The van der Waals surface area contributed by atoms with Crippen molar-refractivity contribution in [2.45, 2.75) is 30.9 Å². The monoisotopic (exact) mass is 330 g/mol. The second-order valence-electron chi connectivity index (χ2n) is 5.37. The number of aryl methyl sites for hydroxylation is 1. The van der Waals surface area contributed by atoms with E-state index < -0.39 is 4.92 Å². The number of carbonyl (C=O) groups is 1. The minimum Gasteiger partial charge on any atom is -0.321 e. The first-order chi connectivity index (χ1) is 10.9. The molecule has 120 valence electrons. The van der Waals surface area contributed by atoms with Gasteiger partial charge in [0.25, 0.3) is 11.6 Å². The Labute approximate surface area is 139 Å². The molecule has 0 aliphatic rings. The molecule has 0 saturated heterocycles. The van der Waals surface area contributed by atoms with Gasteiger partial charge in [-0.3, -0.25) is 14.9 Å². The molecule has 0 radical (unpaired) electrons. The van der Waals surface area contributed by atoms with Crippen LogP contribution in [0.5, 0.6) is 0 Å².